The molecule has 0 spiro atoms. The molecule has 0 aliphatic rings. The molecule has 3 heteroatoms. The van der Waals surface area contributed by atoms with E-state index in [0.29, 0.717) is 0 Å². The van der Waals surface area contributed by atoms with E-state index in [2.05, 4.69) is 116 Å². The van der Waals surface area contributed by atoms with Crippen molar-refractivity contribution in [2.24, 2.45) is 0 Å². The fourth-order valence-corrected chi connectivity index (χ4v) is 6.19. The van der Waals surface area contributed by atoms with Crippen LogP contribution in [-0.4, -0.2) is 19.6 Å². The maximum absolute atomic E-state index is 4.01. The van der Waals surface area contributed by atoms with Crippen LogP contribution >= 0.6 is 0 Å². The summed E-state index contributed by atoms with van der Waals surface area (Å²) < 4.78 is 0. The molecule has 0 bridgehead atoms. The molecule has 242 valence electrons. The van der Waals surface area contributed by atoms with Crippen molar-refractivity contribution in [3.8, 4) is 0 Å². The lowest BCUT2D eigenvalue weighted by Gasteiger charge is -2.27. The minimum atomic E-state index is 0.149. The number of hydrogen-bond acceptors (Lipinski definition) is 3. The molecule has 3 nitrogen and oxygen atoms in total. The average Bonchev–Trinajstić information content (AvgIpc) is 3.07. The van der Waals surface area contributed by atoms with Gasteiger partial charge in [0.15, 0.2) is 0 Å². The second kappa shape index (κ2) is 22.8. The molecule has 0 saturated heterocycles. The lowest BCUT2D eigenvalue weighted by Crippen LogP contribution is -2.27. The number of rotatable bonds is 25. The first-order chi connectivity index (χ1) is 21.8. The lowest BCUT2D eigenvalue weighted by molar-refractivity contribution is 0.541. The summed E-state index contributed by atoms with van der Waals surface area (Å²) in [6.45, 7) is 9.95. The highest BCUT2D eigenvalue weighted by molar-refractivity contribution is 5.57. The van der Waals surface area contributed by atoms with E-state index >= 15 is 0 Å². The number of benzene rings is 3. The highest BCUT2D eigenvalue weighted by Gasteiger charge is 2.21. The van der Waals surface area contributed by atoms with Crippen molar-refractivity contribution < 1.29 is 0 Å². The van der Waals surface area contributed by atoms with Crippen molar-refractivity contribution >= 4 is 5.69 Å². The molecule has 3 aromatic rings. The highest BCUT2D eigenvalue weighted by atomic mass is 14.9. The number of hydrogen-bond donors (Lipinski definition) is 3. The Morgan fingerprint density at radius 3 is 1.41 bits per heavy atom. The Kier molecular flexibility index (Phi) is 18.6. The summed E-state index contributed by atoms with van der Waals surface area (Å²) in [5.41, 5.74) is 6.65. The van der Waals surface area contributed by atoms with Gasteiger partial charge in [0, 0.05) is 12.2 Å². The second-order valence-electron chi connectivity index (χ2n) is 12.6. The summed E-state index contributed by atoms with van der Waals surface area (Å²) in [6, 6.07) is 29.6. The van der Waals surface area contributed by atoms with Crippen molar-refractivity contribution in [2.75, 3.05) is 25.0 Å². The van der Waals surface area contributed by atoms with E-state index in [9.17, 15) is 0 Å². The van der Waals surface area contributed by atoms with Crippen LogP contribution in [0.25, 0.3) is 0 Å². The summed E-state index contributed by atoms with van der Waals surface area (Å²) >= 11 is 0. The molecule has 0 radical (unpaired) electrons. The van der Waals surface area contributed by atoms with E-state index < -0.39 is 0 Å². The fraction of sp³-hybridized carbons (Fsp3) is 0.561. The van der Waals surface area contributed by atoms with Gasteiger partial charge in [0.25, 0.3) is 0 Å². The Morgan fingerprint density at radius 1 is 0.432 bits per heavy atom. The molecule has 3 N–H and O–H groups in total. The van der Waals surface area contributed by atoms with Crippen molar-refractivity contribution in [3.63, 3.8) is 0 Å². The predicted molar refractivity (Wildman–Crippen MR) is 194 cm³/mol. The molecule has 2 unspecified atom stereocenters. The first-order valence-corrected chi connectivity index (χ1v) is 18.2. The minimum Gasteiger partial charge on any atom is -0.385 e. The number of unbranched alkanes of at least 4 members (excludes halogenated alkanes) is 12. The fourth-order valence-electron chi connectivity index (χ4n) is 6.19. The van der Waals surface area contributed by atoms with Crippen LogP contribution in [0.3, 0.4) is 0 Å². The van der Waals surface area contributed by atoms with Crippen LogP contribution in [0.4, 0.5) is 5.69 Å². The van der Waals surface area contributed by atoms with Gasteiger partial charge in [-0.15, -0.1) is 0 Å². The molecular formula is C41H63N3. The molecule has 3 aromatic carbocycles. The van der Waals surface area contributed by atoms with E-state index in [1.807, 2.05) is 0 Å². The molecular weight excluding hydrogens is 534 g/mol. The zero-order valence-electron chi connectivity index (χ0n) is 28.4. The van der Waals surface area contributed by atoms with Crippen LogP contribution in [0.5, 0.6) is 0 Å². The van der Waals surface area contributed by atoms with E-state index in [0.717, 1.165) is 19.6 Å². The van der Waals surface area contributed by atoms with Gasteiger partial charge >= 0.3 is 0 Å². The summed E-state index contributed by atoms with van der Waals surface area (Å²) in [7, 11) is 0. The first kappa shape index (κ1) is 35.9. The van der Waals surface area contributed by atoms with Gasteiger partial charge in [0.1, 0.15) is 0 Å². The summed E-state index contributed by atoms with van der Waals surface area (Å²) in [6.07, 6.45) is 19.4. The number of nitrogens with one attached hydrogen (secondary N) is 3. The van der Waals surface area contributed by atoms with Gasteiger partial charge in [0.05, 0.1) is 12.1 Å². The minimum absolute atomic E-state index is 0.149. The SMILES string of the molecule is CCCCCCCNc1ccc(C(NCCCCCCC)c2ccccc2)cc1C(NCCCCCCC)c1ccccc1. The molecule has 0 amide bonds. The Bertz CT molecular complexity index is 1100. The zero-order chi connectivity index (χ0) is 31.1. The summed E-state index contributed by atoms with van der Waals surface area (Å²) in [4.78, 5) is 0. The standard InChI is InChI=1S/C41H63N3/c1-4-7-10-13-22-31-42-39-30-29-37(40(35-25-18-16-19-26-35)43-32-23-14-11-8-5-2)34-38(39)41(36-27-20-17-21-28-36)44-33-24-15-12-9-6-3/h16-21,25-30,34,40-44H,4-15,22-24,31-33H2,1-3H3. The van der Waals surface area contributed by atoms with E-state index in [1.165, 1.54) is 124 Å². The quantitative estimate of drug-likeness (QED) is 0.0850. The van der Waals surface area contributed by atoms with Crippen molar-refractivity contribution in [1.82, 2.24) is 10.6 Å². The molecule has 44 heavy (non-hydrogen) atoms. The van der Waals surface area contributed by atoms with Crippen LogP contribution in [0.15, 0.2) is 78.9 Å². The normalized spacial score (nSPS) is 12.7. The highest BCUT2D eigenvalue weighted by Crippen LogP contribution is 2.33. The van der Waals surface area contributed by atoms with E-state index in [-0.39, 0.29) is 12.1 Å². The molecule has 0 fully saturated rings. The van der Waals surface area contributed by atoms with Crippen molar-refractivity contribution in [1.29, 1.82) is 0 Å². The van der Waals surface area contributed by atoms with Crippen molar-refractivity contribution in [3.05, 3.63) is 101 Å². The Morgan fingerprint density at radius 2 is 0.886 bits per heavy atom. The Hall–Kier alpha value is -2.62. The smallest absolute Gasteiger partial charge is 0.0597 e. The van der Waals surface area contributed by atoms with E-state index in [4.69, 9.17) is 0 Å². The van der Waals surface area contributed by atoms with Crippen LogP contribution < -0.4 is 16.0 Å². The second-order valence-corrected chi connectivity index (χ2v) is 12.6. The molecule has 3 rings (SSSR count). The third-order valence-electron chi connectivity index (χ3n) is 8.84. The third-order valence-corrected chi connectivity index (χ3v) is 8.84. The third kappa shape index (κ3) is 13.2. The summed E-state index contributed by atoms with van der Waals surface area (Å²) in [5.74, 6) is 0. The maximum Gasteiger partial charge on any atom is 0.0597 e. The molecule has 0 saturated carbocycles. The molecule has 0 aliphatic carbocycles. The van der Waals surface area contributed by atoms with Crippen molar-refractivity contribution in [2.45, 2.75) is 129 Å². The first-order valence-electron chi connectivity index (χ1n) is 18.2. The lowest BCUT2D eigenvalue weighted by atomic mass is 9.91. The van der Waals surface area contributed by atoms with Gasteiger partial charge in [-0.1, -0.05) is 165 Å². The van der Waals surface area contributed by atoms with Gasteiger partial charge in [-0.05, 0) is 66.7 Å². The Balaban J connectivity index is 1.90. The van der Waals surface area contributed by atoms with E-state index in [1.54, 1.807) is 0 Å². The Labute approximate surface area is 271 Å². The predicted octanol–water partition coefficient (Wildman–Crippen LogP) is 11.4. The van der Waals surface area contributed by atoms with Gasteiger partial charge < -0.3 is 16.0 Å². The van der Waals surface area contributed by atoms with Crippen LogP contribution in [0, 0.1) is 0 Å². The average molecular weight is 598 g/mol. The van der Waals surface area contributed by atoms with Gasteiger partial charge in [0.2, 0.25) is 0 Å². The molecule has 0 heterocycles. The van der Waals surface area contributed by atoms with Gasteiger partial charge in [-0.25, -0.2) is 0 Å². The largest absolute Gasteiger partial charge is 0.385 e. The number of anilines is 1. The molecule has 0 aliphatic heterocycles. The monoisotopic (exact) mass is 598 g/mol. The van der Waals surface area contributed by atoms with Crippen LogP contribution in [0.2, 0.25) is 0 Å². The molecule has 0 aromatic heterocycles. The maximum atomic E-state index is 4.01. The van der Waals surface area contributed by atoms with Crippen LogP contribution in [0.1, 0.15) is 151 Å². The topological polar surface area (TPSA) is 36.1 Å². The summed E-state index contributed by atoms with van der Waals surface area (Å²) in [5, 5.41) is 11.8. The van der Waals surface area contributed by atoms with Crippen LogP contribution in [-0.2, 0) is 0 Å². The molecule has 2 atom stereocenters. The zero-order valence-corrected chi connectivity index (χ0v) is 28.4. The van der Waals surface area contributed by atoms with Gasteiger partial charge in [-0.3, -0.25) is 0 Å². The van der Waals surface area contributed by atoms with Gasteiger partial charge in [-0.2, -0.15) is 0 Å².